The van der Waals surface area contributed by atoms with Gasteiger partial charge < -0.3 is 14.8 Å². The fourth-order valence-electron chi connectivity index (χ4n) is 2.99. The average Bonchev–Trinajstić information content (AvgIpc) is 2.71. The van der Waals surface area contributed by atoms with E-state index in [1.807, 2.05) is 13.8 Å². The molecule has 0 fully saturated rings. The minimum absolute atomic E-state index is 0.0686. The fraction of sp³-hybridized carbons (Fsp3) is 0.318. The Morgan fingerprint density at radius 2 is 1.90 bits per heavy atom. The van der Waals surface area contributed by atoms with Crippen LogP contribution >= 0.6 is 0 Å². The average molecular weight is 413 g/mol. The van der Waals surface area contributed by atoms with Crippen LogP contribution < -0.4 is 15.6 Å². The van der Waals surface area contributed by atoms with E-state index in [1.165, 1.54) is 30.0 Å². The van der Waals surface area contributed by atoms with E-state index < -0.39 is 11.7 Å². The van der Waals surface area contributed by atoms with Gasteiger partial charge >= 0.3 is 0 Å². The molecule has 0 radical (unpaired) electrons. The third-order valence-electron chi connectivity index (χ3n) is 4.36. The van der Waals surface area contributed by atoms with Crippen molar-refractivity contribution in [3.8, 4) is 5.75 Å². The maximum Gasteiger partial charge on any atom is 0.276 e. The highest BCUT2D eigenvalue weighted by atomic mass is 19.1. The number of rotatable bonds is 8. The second-order valence-corrected chi connectivity index (χ2v) is 7.22. The lowest BCUT2D eigenvalue weighted by atomic mass is 10.1. The van der Waals surface area contributed by atoms with Gasteiger partial charge in [-0.15, -0.1) is 0 Å². The van der Waals surface area contributed by atoms with Crippen LogP contribution in [0.15, 0.2) is 47.3 Å². The van der Waals surface area contributed by atoms with Crippen LogP contribution in [0.4, 0.5) is 10.1 Å². The van der Waals surface area contributed by atoms with E-state index in [2.05, 4.69) is 10.4 Å². The molecule has 158 valence electrons. The van der Waals surface area contributed by atoms with E-state index in [0.717, 1.165) is 0 Å². The van der Waals surface area contributed by atoms with Crippen molar-refractivity contribution in [1.29, 1.82) is 0 Å². The normalized spacial score (nSPS) is 11.1. The molecule has 2 aromatic carbocycles. The number of aromatic nitrogens is 2. The molecule has 1 aromatic heterocycles. The number of anilines is 1. The van der Waals surface area contributed by atoms with Crippen LogP contribution in [0, 0.1) is 11.7 Å². The smallest absolute Gasteiger partial charge is 0.276 e. The molecule has 1 amide bonds. The van der Waals surface area contributed by atoms with Crippen molar-refractivity contribution in [1.82, 2.24) is 9.78 Å². The van der Waals surface area contributed by atoms with Crippen molar-refractivity contribution in [3.05, 3.63) is 64.3 Å². The van der Waals surface area contributed by atoms with Crippen molar-refractivity contribution in [2.75, 3.05) is 25.6 Å². The Bertz CT molecular complexity index is 1110. The molecule has 0 unspecified atom stereocenters. The van der Waals surface area contributed by atoms with Gasteiger partial charge in [0.1, 0.15) is 6.61 Å². The van der Waals surface area contributed by atoms with Crippen LogP contribution in [0.2, 0.25) is 0 Å². The predicted octanol–water partition coefficient (Wildman–Crippen LogP) is 3.47. The predicted molar refractivity (Wildman–Crippen MR) is 113 cm³/mol. The minimum Gasteiger partial charge on any atom is -0.488 e. The second-order valence-electron chi connectivity index (χ2n) is 7.22. The Morgan fingerprint density at radius 3 is 2.57 bits per heavy atom. The van der Waals surface area contributed by atoms with Gasteiger partial charge in [0.2, 0.25) is 0 Å². The number of halogens is 1. The van der Waals surface area contributed by atoms with Crippen molar-refractivity contribution in [2.24, 2.45) is 5.92 Å². The molecule has 30 heavy (non-hydrogen) atoms. The minimum atomic E-state index is -0.605. The molecule has 0 bridgehead atoms. The van der Waals surface area contributed by atoms with E-state index in [9.17, 15) is 14.0 Å². The highest BCUT2D eigenvalue weighted by Crippen LogP contribution is 2.22. The van der Waals surface area contributed by atoms with Gasteiger partial charge in [-0.3, -0.25) is 9.59 Å². The maximum absolute atomic E-state index is 14.3. The highest BCUT2D eigenvalue weighted by molar-refractivity contribution is 6.11. The first-order valence-electron chi connectivity index (χ1n) is 9.63. The zero-order valence-electron chi connectivity index (χ0n) is 17.1. The number of hydrogen-bond donors (Lipinski definition) is 1. The standard InChI is InChI=1S/C22H24FN3O4/c1-14(2)13-26-22(28)17-7-5-4-6-16(17)20(25-26)21(27)24-15-8-9-19(18(23)12-15)30-11-10-29-3/h4-9,12,14H,10-11,13H2,1-3H3,(H,24,27). The van der Waals surface area contributed by atoms with Crippen LogP contribution in [0.1, 0.15) is 24.3 Å². The second kappa shape index (κ2) is 9.49. The zero-order valence-corrected chi connectivity index (χ0v) is 17.1. The van der Waals surface area contributed by atoms with Gasteiger partial charge in [-0.2, -0.15) is 5.10 Å². The molecule has 7 nitrogen and oxygen atoms in total. The van der Waals surface area contributed by atoms with E-state index in [1.54, 1.807) is 24.3 Å². The molecule has 0 aliphatic heterocycles. The monoisotopic (exact) mass is 413 g/mol. The molecule has 1 heterocycles. The van der Waals surface area contributed by atoms with Gasteiger partial charge in [0.25, 0.3) is 11.5 Å². The number of nitrogens with zero attached hydrogens (tertiary/aromatic N) is 2. The SMILES string of the molecule is COCCOc1ccc(NC(=O)c2nn(CC(C)C)c(=O)c3ccccc23)cc1F. The molecule has 0 atom stereocenters. The molecule has 0 aliphatic rings. The molecule has 3 aromatic rings. The number of ether oxygens (including phenoxy) is 2. The summed E-state index contributed by atoms with van der Waals surface area (Å²) in [4.78, 5) is 25.6. The Labute approximate surface area is 173 Å². The Hall–Kier alpha value is -3.26. The lowest BCUT2D eigenvalue weighted by Gasteiger charge is -2.13. The quantitative estimate of drug-likeness (QED) is 0.572. The Kier molecular flexibility index (Phi) is 6.79. The lowest BCUT2D eigenvalue weighted by molar-refractivity contribution is 0.102. The number of carbonyl (C=O) groups is 1. The van der Waals surface area contributed by atoms with Crippen LogP contribution in [0.3, 0.4) is 0 Å². The van der Waals surface area contributed by atoms with Gasteiger partial charge in [0.05, 0.1) is 12.0 Å². The number of hydrogen-bond acceptors (Lipinski definition) is 5. The zero-order chi connectivity index (χ0) is 21.7. The summed E-state index contributed by atoms with van der Waals surface area (Å²) >= 11 is 0. The highest BCUT2D eigenvalue weighted by Gasteiger charge is 2.18. The molecule has 3 rings (SSSR count). The van der Waals surface area contributed by atoms with Crippen LogP contribution in [0.5, 0.6) is 5.75 Å². The topological polar surface area (TPSA) is 82.4 Å². The van der Waals surface area contributed by atoms with E-state index in [0.29, 0.717) is 23.9 Å². The van der Waals surface area contributed by atoms with E-state index in [-0.39, 0.29) is 35.2 Å². The van der Waals surface area contributed by atoms with E-state index >= 15 is 0 Å². The number of benzene rings is 2. The van der Waals surface area contributed by atoms with Crippen molar-refractivity contribution in [3.63, 3.8) is 0 Å². The first kappa shape index (κ1) is 21.4. The number of carbonyl (C=O) groups excluding carboxylic acids is 1. The molecular formula is C22H24FN3O4. The summed E-state index contributed by atoms with van der Waals surface area (Å²) in [7, 11) is 1.53. The lowest BCUT2D eigenvalue weighted by Crippen LogP contribution is -2.29. The number of amides is 1. The molecule has 8 heteroatoms. The van der Waals surface area contributed by atoms with Gasteiger partial charge in [-0.25, -0.2) is 9.07 Å². The summed E-state index contributed by atoms with van der Waals surface area (Å²) in [5, 5.41) is 7.79. The first-order chi connectivity index (χ1) is 14.4. The summed E-state index contributed by atoms with van der Waals surface area (Å²) in [6, 6.07) is 11.0. The summed E-state index contributed by atoms with van der Waals surface area (Å²) in [5.74, 6) is -0.895. The van der Waals surface area contributed by atoms with Gasteiger partial charge in [0, 0.05) is 30.8 Å². The number of methoxy groups -OCH3 is 1. The Balaban J connectivity index is 1.91. The molecule has 0 aliphatic carbocycles. The summed E-state index contributed by atoms with van der Waals surface area (Å²) in [5.41, 5.74) is 0.107. The van der Waals surface area contributed by atoms with Crippen LogP contribution in [-0.4, -0.2) is 36.0 Å². The molecule has 0 saturated carbocycles. The molecular weight excluding hydrogens is 389 g/mol. The molecule has 0 saturated heterocycles. The van der Waals surface area contributed by atoms with Gasteiger partial charge in [-0.1, -0.05) is 32.0 Å². The largest absolute Gasteiger partial charge is 0.488 e. The molecule has 1 N–H and O–H groups in total. The third kappa shape index (κ3) is 4.83. The maximum atomic E-state index is 14.3. The third-order valence-corrected chi connectivity index (χ3v) is 4.36. The van der Waals surface area contributed by atoms with Crippen molar-refractivity contribution < 1.29 is 18.7 Å². The van der Waals surface area contributed by atoms with Crippen LogP contribution in [0.25, 0.3) is 10.8 Å². The summed E-state index contributed by atoms with van der Waals surface area (Å²) < 4.78 is 25.7. The van der Waals surface area contributed by atoms with Crippen LogP contribution in [-0.2, 0) is 11.3 Å². The number of fused-ring (bicyclic) bond motifs is 1. The first-order valence-corrected chi connectivity index (χ1v) is 9.63. The summed E-state index contributed by atoms with van der Waals surface area (Å²) in [6.07, 6.45) is 0. The molecule has 0 spiro atoms. The Morgan fingerprint density at radius 1 is 1.17 bits per heavy atom. The number of nitrogens with one attached hydrogen (secondary N) is 1. The fourth-order valence-corrected chi connectivity index (χ4v) is 2.99. The summed E-state index contributed by atoms with van der Waals surface area (Å²) in [6.45, 7) is 4.85. The van der Waals surface area contributed by atoms with Crippen molar-refractivity contribution in [2.45, 2.75) is 20.4 Å². The van der Waals surface area contributed by atoms with E-state index in [4.69, 9.17) is 9.47 Å². The van der Waals surface area contributed by atoms with Gasteiger partial charge in [0.15, 0.2) is 17.3 Å². The van der Waals surface area contributed by atoms with Crippen molar-refractivity contribution >= 4 is 22.4 Å². The van der Waals surface area contributed by atoms with Gasteiger partial charge in [-0.05, 0) is 24.1 Å².